The van der Waals surface area contributed by atoms with Crippen LogP contribution in [0.1, 0.15) is 37.2 Å². The summed E-state index contributed by atoms with van der Waals surface area (Å²) < 4.78 is 0. The highest BCUT2D eigenvalue weighted by Crippen LogP contribution is 2.36. The molecule has 0 saturated carbocycles. The Morgan fingerprint density at radius 1 is 1.19 bits per heavy atom. The molecule has 1 amide bonds. The number of hydrogen-bond acceptors (Lipinski definition) is 3. The van der Waals surface area contributed by atoms with Crippen LogP contribution in [0, 0.1) is 0 Å². The topological polar surface area (TPSA) is 69.6 Å². The zero-order valence-corrected chi connectivity index (χ0v) is 11.9. The van der Waals surface area contributed by atoms with E-state index in [0.717, 1.165) is 43.5 Å². The van der Waals surface area contributed by atoms with Crippen molar-refractivity contribution in [2.75, 3.05) is 18.0 Å². The zero-order valence-electron chi connectivity index (χ0n) is 11.9. The summed E-state index contributed by atoms with van der Waals surface area (Å²) in [7, 11) is 0. The number of nitrogens with one attached hydrogen (secondary N) is 1. The first-order chi connectivity index (χ1) is 10.2. The molecule has 2 aliphatic rings. The fraction of sp³-hybridized carbons (Fsp3) is 0.500. The Labute approximate surface area is 123 Å². The van der Waals surface area contributed by atoms with E-state index in [2.05, 4.69) is 5.32 Å². The van der Waals surface area contributed by atoms with Gasteiger partial charge in [-0.1, -0.05) is 31.0 Å². The highest BCUT2D eigenvalue weighted by atomic mass is 16.4. The average Bonchev–Trinajstić information content (AvgIpc) is 2.67. The second-order valence-corrected chi connectivity index (χ2v) is 5.75. The van der Waals surface area contributed by atoms with E-state index >= 15 is 0 Å². The van der Waals surface area contributed by atoms with E-state index in [9.17, 15) is 14.7 Å². The maximum Gasteiger partial charge on any atom is 0.312 e. The molecule has 1 aromatic rings. The number of amides is 1. The molecule has 1 saturated heterocycles. The Morgan fingerprint density at radius 3 is 2.81 bits per heavy atom. The standard InChI is InChI=1S/C16H20N2O3/c19-15(13-7-2-1-5-9-17-13)18-10-12(16(20)21)11-6-3-4-8-14(11)18/h3-4,6,8,12-13,17H,1-2,5,7,9-10H2,(H,20,21). The van der Waals surface area contributed by atoms with Gasteiger partial charge in [-0.3, -0.25) is 9.59 Å². The molecule has 112 valence electrons. The Hall–Kier alpha value is -1.88. The maximum absolute atomic E-state index is 12.8. The monoisotopic (exact) mass is 288 g/mol. The molecule has 0 aliphatic carbocycles. The summed E-state index contributed by atoms with van der Waals surface area (Å²) in [5.41, 5.74) is 1.49. The maximum atomic E-state index is 12.8. The van der Waals surface area contributed by atoms with Crippen molar-refractivity contribution in [1.82, 2.24) is 5.32 Å². The van der Waals surface area contributed by atoms with Crippen LogP contribution in [-0.4, -0.2) is 36.1 Å². The lowest BCUT2D eigenvalue weighted by molar-refractivity contribution is -0.138. The minimum Gasteiger partial charge on any atom is -0.481 e. The van der Waals surface area contributed by atoms with Crippen LogP contribution in [0.2, 0.25) is 0 Å². The third-order valence-electron chi connectivity index (χ3n) is 4.39. The number of nitrogens with zero attached hydrogens (tertiary/aromatic N) is 1. The number of anilines is 1. The highest BCUT2D eigenvalue weighted by Gasteiger charge is 2.38. The van der Waals surface area contributed by atoms with Gasteiger partial charge in [-0.15, -0.1) is 0 Å². The lowest BCUT2D eigenvalue weighted by Gasteiger charge is -2.24. The van der Waals surface area contributed by atoms with Crippen LogP contribution >= 0.6 is 0 Å². The molecule has 0 radical (unpaired) electrons. The normalized spacial score (nSPS) is 25.2. The second kappa shape index (κ2) is 5.85. The molecule has 2 N–H and O–H groups in total. The van der Waals surface area contributed by atoms with E-state index in [1.165, 1.54) is 0 Å². The molecule has 3 rings (SSSR count). The van der Waals surface area contributed by atoms with Gasteiger partial charge in [-0.2, -0.15) is 0 Å². The van der Waals surface area contributed by atoms with Crippen LogP contribution in [0.3, 0.4) is 0 Å². The molecule has 1 fully saturated rings. The fourth-order valence-electron chi connectivity index (χ4n) is 3.25. The Bertz CT molecular complexity index is 550. The molecule has 2 unspecified atom stereocenters. The molecule has 5 heteroatoms. The largest absolute Gasteiger partial charge is 0.481 e. The number of carboxylic acids is 1. The number of para-hydroxylation sites is 1. The average molecular weight is 288 g/mol. The lowest BCUT2D eigenvalue weighted by Crippen LogP contribution is -2.46. The quantitative estimate of drug-likeness (QED) is 0.869. The van der Waals surface area contributed by atoms with Crippen LogP contribution in [0.15, 0.2) is 24.3 Å². The van der Waals surface area contributed by atoms with E-state index in [1.54, 1.807) is 4.90 Å². The van der Waals surface area contributed by atoms with Gasteiger partial charge in [0.25, 0.3) is 0 Å². The van der Waals surface area contributed by atoms with Crippen LogP contribution in [0.5, 0.6) is 0 Å². The minimum absolute atomic E-state index is 0.00750. The smallest absolute Gasteiger partial charge is 0.312 e. The van der Waals surface area contributed by atoms with E-state index in [4.69, 9.17) is 0 Å². The predicted octanol–water partition coefficient (Wildman–Crippen LogP) is 1.73. The van der Waals surface area contributed by atoms with Gasteiger partial charge in [0.15, 0.2) is 0 Å². The summed E-state index contributed by atoms with van der Waals surface area (Å²) in [5, 5.41) is 12.7. The first-order valence-corrected chi connectivity index (χ1v) is 7.55. The van der Waals surface area contributed by atoms with Crippen molar-refractivity contribution in [2.45, 2.75) is 37.6 Å². The number of benzene rings is 1. The summed E-state index contributed by atoms with van der Waals surface area (Å²) in [6.07, 6.45) is 4.11. The van der Waals surface area contributed by atoms with Gasteiger partial charge < -0.3 is 15.3 Å². The molecular formula is C16H20N2O3. The van der Waals surface area contributed by atoms with Gasteiger partial charge in [0.1, 0.15) is 5.92 Å². The molecule has 5 nitrogen and oxygen atoms in total. The van der Waals surface area contributed by atoms with Crippen molar-refractivity contribution in [1.29, 1.82) is 0 Å². The molecule has 0 spiro atoms. The third kappa shape index (κ3) is 2.65. The Kier molecular flexibility index (Phi) is 3.92. The second-order valence-electron chi connectivity index (χ2n) is 5.75. The summed E-state index contributed by atoms with van der Waals surface area (Å²) in [6, 6.07) is 7.14. The van der Waals surface area contributed by atoms with Crippen LogP contribution in [-0.2, 0) is 9.59 Å². The molecule has 21 heavy (non-hydrogen) atoms. The Balaban J connectivity index is 1.85. The van der Waals surface area contributed by atoms with E-state index < -0.39 is 11.9 Å². The number of carboxylic acid groups (broad SMARTS) is 1. The molecular weight excluding hydrogens is 268 g/mol. The van der Waals surface area contributed by atoms with Gasteiger partial charge >= 0.3 is 5.97 Å². The first-order valence-electron chi connectivity index (χ1n) is 7.55. The lowest BCUT2D eigenvalue weighted by atomic mass is 10.0. The van der Waals surface area contributed by atoms with Gasteiger partial charge in [-0.25, -0.2) is 0 Å². The number of hydrogen-bond donors (Lipinski definition) is 2. The Morgan fingerprint density at radius 2 is 2.00 bits per heavy atom. The number of carbonyl (C=O) groups is 2. The van der Waals surface area contributed by atoms with Crippen molar-refractivity contribution in [3.63, 3.8) is 0 Å². The molecule has 2 heterocycles. The van der Waals surface area contributed by atoms with Crippen molar-refractivity contribution in [3.8, 4) is 0 Å². The van der Waals surface area contributed by atoms with Crippen LogP contribution in [0.25, 0.3) is 0 Å². The van der Waals surface area contributed by atoms with Crippen LogP contribution in [0.4, 0.5) is 5.69 Å². The minimum atomic E-state index is -0.869. The number of aliphatic carboxylic acids is 1. The van der Waals surface area contributed by atoms with Gasteiger partial charge in [-0.05, 0) is 31.0 Å². The highest BCUT2D eigenvalue weighted by molar-refractivity contribution is 6.01. The van der Waals surface area contributed by atoms with E-state index in [0.29, 0.717) is 0 Å². The van der Waals surface area contributed by atoms with Gasteiger partial charge in [0, 0.05) is 12.2 Å². The van der Waals surface area contributed by atoms with Gasteiger partial charge in [0.05, 0.1) is 6.04 Å². The predicted molar refractivity (Wildman–Crippen MR) is 79.4 cm³/mol. The zero-order chi connectivity index (χ0) is 14.8. The summed E-state index contributed by atoms with van der Waals surface area (Å²) in [6.45, 7) is 1.10. The van der Waals surface area contributed by atoms with Crippen molar-refractivity contribution < 1.29 is 14.7 Å². The van der Waals surface area contributed by atoms with Gasteiger partial charge in [0.2, 0.25) is 5.91 Å². The first kappa shape index (κ1) is 14.1. The van der Waals surface area contributed by atoms with Crippen molar-refractivity contribution in [2.24, 2.45) is 0 Å². The molecule has 2 atom stereocenters. The molecule has 2 aliphatic heterocycles. The van der Waals surface area contributed by atoms with Crippen molar-refractivity contribution >= 4 is 17.6 Å². The molecule has 0 aromatic heterocycles. The fourth-order valence-corrected chi connectivity index (χ4v) is 3.25. The number of rotatable bonds is 2. The molecule has 0 bridgehead atoms. The van der Waals surface area contributed by atoms with E-state index in [1.807, 2.05) is 24.3 Å². The summed E-state index contributed by atoms with van der Waals surface area (Å²) in [4.78, 5) is 25.8. The summed E-state index contributed by atoms with van der Waals surface area (Å²) >= 11 is 0. The number of carbonyl (C=O) groups excluding carboxylic acids is 1. The van der Waals surface area contributed by atoms with E-state index in [-0.39, 0.29) is 18.5 Å². The number of fused-ring (bicyclic) bond motifs is 1. The van der Waals surface area contributed by atoms with Crippen molar-refractivity contribution in [3.05, 3.63) is 29.8 Å². The SMILES string of the molecule is O=C(O)C1CN(C(=O)C2CCCCCN2)c2ccccc21. The van der Waals surface area contributed by atoms with Crippen LogP contribution < -0.4 is 10.2 Å². The third-order valence-corrected chi connectivity index (χ3v) is 4.39. The molecule has 1 aromatic carbocycles. The summed E-state index contributed by atoms with van der Waals surface area (Å²) in [5.74, 6) is -1.48.